The van der Waals surface area contributed by atoms with Gasteiger partial charge in [0, 0.05) is 38.4 Å². The van der Waals surface area contributed by atoms with Gasteiger partial charge in [0.2, 0.25) is 0 Å². The lowest BCUT2D eigenvalue weighted by molar-refractivity contribution is -0.133. The summed E-state index contributed by atoms with van der Waals surface area (Å²) in [6.07, 6.45) is 6.06. The van der Waals surface area contributed by atoms with Crippen LogP contribution >= 0.6 is 0 Å². The normalized spacial score (nSPS) is 23.9. The molecule has 1 aliphatic carbocycles. The summed E-state index contributed by atoms with van der Waals surface area (Å²) in [5.74, 6) is -0.137. The van der Waals surface area contributed by atoms with Gasteiger partial charge in [0.05, 0.1) is 12.6 Å². The van der Waals surface area contributed by atoms with E-state index < -0.39 is 11.6 Å². The van der Waals surface area contributed by atoms with Crippen molar-refractivity contribution >= 4 is 17.6 Å². The standard InChI is InChI=1S/C23H34N4O3/c28-20(17-25-13-15-26(16-14-25)19-9-5-4-6-10-19)18-27-21(29)23(24-22(27)30)11-7-2-1-3-8-12-23/h4-6,9-10,20,28H,1-3,7-8,11-18H2,(H,24,30). The van der Waals surface area contributed by atoms with E-state index in [0.29, 0.717) is 19.4 Å². The van der Waals surface area contributed by atoms with Gasteiger partial charge in [0.1, 0.15) is 5.54 Å². The van der Waals surface area contributed by atoms with Gasteiger partial charge >= 0.3 is 6.03 Å². The molecular weight excluding hydrogens is 380 g/mol. The summed E-state index contributed by atoms with van der Waals surface area (Å²) >= 11 is 0. The molecule has 2 aliphatic heterocycles. The Morgan fingerprint density at radius 2 is 1.53 bits per heavy atom. The van der Waals surface area contributed by atoms with Gasteiger partial charge in [-0.25, -0.2) is 4.79 Å². The zero-order chi connectivity index (χ0) is 21.0. The molecule has 7 heteroatoms. The number of aliphatic hydroxyl groups is 1. The minimum absolute atomic E-state index is 0.0747. The van der Waals surface area contributed by atoms with Crippen molar-refractivity contribution in [3.05, 3.63) is 30.3 Å². The van der Waals surface area contributed by atoms with E-state index in [9.17, 15) is 14.7 Å². The SMILES string of the molecule is O=C1NC2(CCCCCCC2)C(=O)N1CC(O)CN1CCN(c2ccccc2)CC1. The molecule has 2 N–H and O–H groups in total. The first-order valence-corrected chi connectivity index (χ1v) is 11.4. The van der Waals surface area contributed by atoms with Crippen molar-refractivity contribution in [3.63, 3.8) is 0 Å². The summed E-state index contributed by atoms with van der Waals surface area (Å²) in [6.45, 7) is 4.08. The van der Waals surface area contributed by atoms with Crippen LogP contribution in [0, 0.1) is 0 Å². The van der Waals surface area contributed by atoms with Gasteiger partial charge in [0.15, 0.2) is 0 Å². The van der Waals surface area contributed by atoms with Crippen LogP contribution in [0.2, 0.25) is 0 Å². The van der Waals surface area contributed by atoms with Crippen LogP contribution < -0.4 is 10.2 Å². The number of amides is 3. The number of urea groups is 1. The van der Waals surface area contributed by atoms with E-state index in [1.807, 2.05) is 18.2 Å². The number of anilines is 1. The predicted molar refractivity (Wildman–Crippen MR) is 116 cm³/mol. The minimum atomic E-state index is -0.738. The average Bonchev–Trinajstić information content (AvgIpc) is 2.97. The Morgan fingerprint density at radius 3 is 2.20 bits per heavy atom. The predicted octanol–water partition coefficient (Wildman–Crippen LogP) is 2.20. The Kier molecular flexibility index (Phi) is 6.58. The quantitative estimate of drug-likeness (QED) is 0.723. The van der Waals surface area contributed by atoms with Gasteiger partial charge in [-0.15, -0.1) is 0 Å². The van der Waals surface area contributed by atoms with Gasteiger partial charge in [-0.05, 0) is 25.0 Å². The molecule has 164 valence electrons. The van der Waals surface area contributed by atoms with E-state index in [1.54, 1.807) is 0 Å². The van der Waals surface area contributed by atoms with E-state index in [0.717, 1.165) is 51.9 Å². The van der Waals surface area contributed by atoms with Crippen molar-refractivity contribution < 1.29 is 14.7 Å². The molecule has 1 atom stereocenters. The highest BCUT2D eigenvalue weighted by atomic mass is 16.3. The Morgan fingerprint density at radius 1 is 0.900 bits per heavy atom. The fourth-order valence-electron chi connectivity index (χ4n) is 5.08. The molecule has 3 aliphatic rings. The Labute approximate surface area is 179 Å². The lowest BCUT2D eigenvalue weighted by atomic mass is 9.84. The number of hydrogen-bond acceptors (Lipinski definition) is 5. The molecule has 0 bridgehead atoms. The summed E-state index contributed by atoms with van der Waals surface area (Å²) in [7, 11) is 0. The number of rotatable bonds is 5. The summed E-state index contributed by atoms with van der Waals surface area (Å²) in [5.41, 5.74) is 0.486. The van der Waals surface area contributed by atoms with Gasteiger partial charge in [-0.2, -0.15) is 0 Å². The van der Waals surface area contributed by atoms with Gasteiger partial charge in [0.25, 0.3) is 5.91 Å². The van der Waals surface area contributed by atoms with E-state index in [-0.39, 0.29) is 18.5 Å². The van der Waals surface area contributed by atoms with Gasteiger partial charge in [-0.1, -0.05) is 50.3 Å². The maximum Gasteiger partial charge on any atom is 0.325 e. The van der Waals surface area contributed by atoms with E-state index >= 15 is 0 Å². The molecule has 4 rings (SSSR count). The second-order valence-electron chi connectivity index (χ2n) is 8.97. The van der Waals surface area contributed by atoms with Crippen LogP contribution in [-0.4, -0.2) is 77.8 Å². The molecule has 3 fully saturated rings. The Balaban J connectivity index is 1.28. The molecule has 2 saturated heterocycles. The highest BCUT2D eigenvalue weighted by Crippen LogP contribution is 2.32. The largest absolute Gasteiger partial charge is 0.390 e. The van der Waals surface area contributed by atoms with Crippen LogP contribution in [-0.2, 0) is 4.79 Å². The van der Waals surface area contributed by atoms with Gasteiger partial charge < -0.3 is 15.3 Å². The van der Waals surface area contributed by atoms with E-state index in [4.69, 9.17) is 0 Å². The fraction of sp³-hybridized carbons (Fsp3) is 0.652. The average molecular weight is 415 g/mol. The number of nitrogens with one attached hydrogen (secondary N) is 1. The summed E-state index contributed by atoms with van der Waals surface area (Å²) < 4.78 is 0. The molecule has 1 spiro atoms. The third-order valence-corrected chi connectivity index (χ3v) is 6.81. The zero-order valence-corrected chi connectivity index (χ0v) is 17.8. The topological polar surface area (TPSA) is 76.1 Å². The Hall–Kier alpha value is -2.12. The molecule has 7 nitrogen and oxygen atoms in total. The van der Waals surface area contributed by atoms with Crippen LogP contribution in [0.25, 0.3) is 0 Å². The lowest BCUT2D eigenvalue weighted by Crippen LogP contribution is -2.51. The van der Waals surface area contributed by atoms with Crippen molar-refractivity contribution in [2.75, 3.05) is 44.2 Å². The second kappa shape index (κ2) is 9.35. The third kappa shape index (κ3) is 4.62. The number of β-amino-alcohol motifs (C(OH)–C–C–N with tert-alkyl or cyclic N) is 1. The molecular formula is C23H34N4O3. The number of para-hydroxylation sites is 1. The molecule has 1 aromatic carbocycles. The number of benzene rings is 1. The Bertz CT molecular complexity index is 725. The monoisotopic (exact) mass is 414 g/mol. The highest BCUT2D eigenvalue weighted by Gasteiger charge is 2.50. The van der Waals surface area contributed by atoms with Gasteiger partial charge in [-0.3, -0.25) is 14.6 Å². The number of carbonyl (C=O) groups excluding carboxylic acids is 2. The minimum Gasteiger partial charge on any atom is -0.390 e. The first-order valence-electron chi connectivity index (χ1n) is 11.4. The van der Waals surface area contributed by atoms with Crippen molar-refractivity contribution in [2.45, 2.75) is 56.6 Å². The van der Waals surface area contributed by atoms with Crippen LogP contribution in [0.1, 0.15) is 44.9 Å². The van der Waals surface area contributed by atoms with Crippen molar-refractivity contribution in [1.82, 2.24) is 15.1 Å². The summed E-state index contributed by atoms with van der Waals surface area (Å²) in [5, 5.41) is 13.6. The maximum absolute atomic E-state index is 13.1. The third-order valence-electron chi connectivity index (χ3n) is 6.81. The van der Waals surface area contributed by atoms with Crippen molar-refractivity contribution in [1.29, 1.82) is 0 Å². The van der Waals surface area contributed by atoms with Crippen molar-refractivity contribution in [3.8, 4) is 0 Å². The number of imide groups is 1. The number of nitrogens with zero attached hydrogens (tertiary/aromatic N) is 3. The number of carbonyl (C=O) groups is 2. The van der Waals surface area contributed by atoms with E-state index in [2.05, 4.69) is 27.2 Å². The lowest BCUT2D eigenvalue weighted by Gasteiger charge is -2.37. The number of aliphatic hydroxyl groups excluding tert-OH is 1. The number of hydrogen-bond donors (Lipinski definition) is 2. The van der Waals surface area contributed by atoms with Crippen LogP contribution in [0.15, 0.2) is 30.3 Å². The molecule has 3 amide bonds. The molecule has 0 radical (unpaired) electrons. The number of piperazine rings is 1. The molecule has 1 saturated carbocycles. The highest BCUT2D eigenvalue weighted by molar-refractivity contribution is 6.07. The zero-order valence-electron chi connectivity index (χ0n) is 17.8. The maximum atomic E-state index is 13.1. The molecule has 1 unspecified atom stereocenters. The summed E-state index contributed by atoms with van der Waals surface area (Å²) in [6, 6.07) is 10.0. The molecule has 30 heavy (non-hydrogen) atoms. The second-order valence-corrected chi connectivity index (χ2v) is 8.97. The van der Waals surface area contributed by atoms with Crippen molar-refractivity contribution in [2.24, 2.45) is 0 Å². The first-order chi connectivity index (χ1) is 14.6. The van der Waals surface area contributed by atoms with Crippen LogP contribution in [0.3, 0.4) is 0 Å². The molecule has 1 aromatic rings. The summed E-state index contributed by atoms with van der Waals surface area (Å²) in [4.78, 5) is 31.5. The van der Waals surface area contributed by atoms with Crippen LogP contribution in [0.4, 0.5) is 10.5 Å². The first kappa shape index (κ1) is 21.1. The van der Waals surface area contributed by atoms with E-state index in [1.165, 1.54) is 17.0 Å². The smallest absolute Gasteiger partial charge is 0.325 e. The van der Waals surface area contributed by atoms with Crippen LogP contribution in [0.5, 0.6) is 0 Å². The molecule has 2 heterocycles. The molecule has 0 aromatic heterocycles. The fourth-order valence-corrected chi connectivity index (χ4v) is 5.08.